The molecule has 3 rings (SSSR count). The molecule has 0 saturated heterocycles. The summed E-state index contributed by atoms with van der Waals surface area (Å²) in [7, 11) is 0. The van der Waals surface area contributed by atoms with Gasteiger partial charge in [0.25, 0.3) is 0 Å². The van der Waals surface area contributed by atoms with Crippen LogP contribution in [0.3, 0.4) is 0 Å². The predicted molar refractivity (Wildman–Crippen MR) is 101 cm³/mol. The van der Waals surface area contributed by atoms with Gasteiger partial charge in [0.2, 0.25) is 11.7 Å². The lowest BCUT2D eigenvalue weighted by molar-refractivity contribution is 0.380. The van der Waals surface area contributed by atoms with Crippen LogP contribution in [0.5, 0.6) is 0 Å². The number of benzene rings is 1. The standard InChI is InChI=1S/C15H18ClN5O.HI/c1-2-17-15(19-12-6-7-12)18-9-13-20-14(21-22-13)10-4-3-5-11(16)8-10;/h3-5,8,12H,2,6-7,9H2,1H3,(H2,17,18,19);1H. The third-order valence-corrected chi connectivity index (χ3v) is 3.42. The lowest BCUT2D eigenvalue weighted by Crippen LogP contribution is -2.38. The van der Waals surface area contributed by atoms with Gasteiger partial charge in [-0.2, -0.15) is 4.98 Å². The van der Waals surface area contributed by atoms with Crippen LogP contribution >= 0.6 is 35.6 Å². The lowest BCUT2D eigenvalue weighted by Gasteiger charge is -2.08. The second-order valence-corrected chi connectivity index (χ2v) is 5.57. The molecule has 1 aromatic heterocycles. The summed E-state index contributed by atoms with van der Waals surface area (Å²) in [6.45, 7) is 3.19. The molecular formula is C15H19ClIN5O. The number of nitrogens with one attached hydrogen (secondary N) is 2. The number of rotatable bonds is 5. The summed E-state index contributed by atoms with van der Waals surface area (Å²) < 4.78 is 5.24. The molecule has 2 aromatic rings. The quantitative estimate of drug-likeness (QED) is 0.418. The molecular weight excluding hydrogens is 429 g/mol. The van der Waals surface area contributed by atoms with E-state index in [1.54, 1.807) is 6.07 Å². The minimum Gasteiger partial charge on any atom is -0.357 e. The summed E-state index contributed by atoms with van der Waals surface area (Å²) >= 11 is 5.97. The Morgan fingerprint density at radius 1 is 1.43 bits per heavy atom. The van der Waals surface area contributed by atoms with Crippen molar-refractivity contribution in [2.45, 2.75) is 32.4 Å². The van der Waals surface area contributed by atoms with Crippen molar-refractivity contribution in [1.82, 2.24) is 20.8 Å². The van der Waals surface area contributed by atoms with Gasteiger partial charge in [0, 0.05) is 23.2 Å². The maximum atomic E-state index is 5.97. The number of aromatic nitrogens is 2. The van der Waals surface area contributed by atoms with Crippen molar-refractivity contribution in [3.8, 4) is 11.4 Å². The third kappa shape index (κ3) is 5.35. The molecule has 1 heterocycles. The highest BCUT2D eigenvalue weighted by Gasteiger charge is 2.22. The molecule has 0 aliphatic heterocycles. The Balaban J connectivity index is 0.00000192. The van der Waals surface area contributed by atoms with Gasteiger partial charge in [0.05, 0.1) is 0 Å². The van der Waals surface area contributed by atoms with Gasteiger partial charge < -0.3 is 15.2 Å². The van der Waals surface area contributed by atoms with Crippen LogP contribution in [0.25, 0.3) is 11.4 Å². The summed E-state index contributed by atoms with van der Waals surface area (Å²) in [5.74, 6) is 1.78. The number of guanidine groups is 1. The van der Waals surface area contributed by atoms with Crippen molar-refractivity contribution >= 4 is 41.5 Å². The zero-order valence-electron chi connectivity index (χ0n) is 12.8. The highest BCUT2D eigenvalue weighted by atomic mass is 127. The first-order chi connectivity index (χ1) is 10.7. The molecule has 124 valence electrons. The molecule has 1 aliphatic carbocycles. The summed E-state index contributed by atoms with van der Waals surface area (Å²) in [6, 6.07) is 7.90. The molecule has 0 atom stereocenters. The van der Waals surface area contributed by atoms with E-state index in [0.717, 1.165) is 18.1 Å². The van der Waals surface area contributed by atoms with E-state index in [9.17, 15) is 0 Å². The van der Waals surface area contributed by atoms with Crippen molar-refractivity contribution in [1.29, 1.82) is 0 Å². The van der Waals surface area contributed by atoms with E-state index in [1.165, 1.54) is 12.8 Å². The molecule has 8 heteroatoms. The minimum atomic E-state index is 0. The fraction of sp³-hybridized carbons (Fsp3) is 0.400. The SMILES string of the molecule is CCNC(=NCc1nc(-c2cccc(Cl)c2)no1)NC1CC1.I. The Morgan fingerprint density at radius 3 is 2.96 bits per heavy atom. The van der Waals surface area contributed by atoms with E-state index in [4.69, 9.17) is 16.1 Å². The monoisotopic (exact) mass is 447 g/mol. The fourth-order valence-corrected chi connectivity index (χ4v) is 2.14. The van der Waals surface area contributed by atoms with Crippen LogP contribution in [0, 0.1) is 0 Å². The van der Waals surface area contributed by atoms with Gasteiger partial charge in [-0.05, 0) is 31.9 Å². The summed E-state index contributed by atoms with van der Waals surface area (Å²) in [5.41, 5.74) is 0.828. The molecule has 0 bridgehead atoms. The second kappa shape index (κ2) is 8.49. The van der Waals surface area contributed by atoms with Crippen molar-refractivity contribution in [3.63, 3.8) is 0 Å². The summed E-state index contributed by atoms with van der Waals surface area (Å²) in [6.07, 6.45) is 2.40. The third-order valence-electron chi connectivity index (χ3n) is 3.19. The zero-order valence-corrected chi connectivity index (χ0v) is 15.8. The Kier molecular flexibility index (Phi) is 6.64. The molecule has 0 unspecified atom stereocenters. The first-order valence-corrected chi connectivity index (χ1v) is 7.76. The molecule has 1 aromatic carbocycles. The van der Waals surface area contributed by atoms with Crippen LogP contribution < -0.4 is 10.6 Å². The van der Waals surface area contributed by atoms with Crippen molar-refractivity contribution in [2.24, 2.45) is 4.99 Å². The number of hydrogen-bond donors (Lipinski definition) is 2. The molecule has 0 amide bonds. The summed E-state index contributed by atoms with van der Waals surface area (Å²) in [4.78, 5) is 8.81. The maximum Gasteiger partial charge on any atom is 0.248 e. The highest BCUT2D eigenvalue weighted by molar-refractivity contribution is 14.0. The molecule has 1 aliphatic rings. The van der Waals surface area contributed by atoms with E-state index >= 15 is 0 Å². The average Bonchev–Trinajstić information content (AvgIpc) is 3.20. The Labute approximate surface area is 157 Å². The molecule has 23 heavy (non-hydrogen) atoms. The normalized spacial score (nSPS) is 14.3. The minimum absolute atomic E-state index is 0. The van der Waals surface area contributed by atoms with Crippen molar-refractivity contribution in [3.05, 3.63) is 35.2 Å². The Bertz CT molecular complexity index is 671. The van der Waals surface area contributed by atoms with Crippen molar-refractivity contribution < 1.29 is 4.52 Å². The van der Waals surface area contributed by atoms with E-state index in [2.05, 4.69) is 25.8 Å². The molecule has 2 N–H and O–H groups in total. The summed E-state index contributed by atoms with van der Waals surface area (Å²) in [5, 5.41) is 11.2. The van der Waals surface area contributed by atoms with Crippen LogP contribution in [0.4, 0.5) is 0 Å². The first kappa shape index (κ1) is 18.0. The molecule has 0 radical (unpaired) electrons. The van der Waals surface area contributed by atoms with Crippen LogP contribution in [-0.4, -0.2) is 28.7 Å². The lowest BCUT2D eigenvalue weighted by atomic mass is 10.2. The van der Waals surface area contributed by atoms with E-state index in [0.29, 0.717) is 29.3 Å². The predicted octanol–water partition coefficient (Wildman–Crippen LogP) is 3.23. The van der Waals surface area contributed by atoms with Gasteiger partial charge in [-0.3, -0.25) is 0 Å². The molecule has 0 spiro atoms. The van der Waals surface area contributed by atoms with Crippen LogP contribution in [-0.2, 0) is 6.54 Å². The van der Waals surface area contributed by atoms with Crippen LogP contribution in [0.15, 0.2) is 33.8 Å². The molecule has 6 nitrogen and oxygen atoms in total. The van der Waals surface area contributed by atoms with Crippen molar-refractivity contribution in [2.75, 3.05) is 6.54 Å². The highest BCUT2D eigenvalue weighted by Crippen LogP contribution is 2.20. The Morgan fingerprint density at radius 2 is 2.26 bits per heavy atom. The van der Waals surface area contributed by atoms with Crippen LogP contribution in [0.1, 0.15) is 25.7 Å². The van der Waals surface area contributed by atoms with Gasteiger partial charge in [-0.15, -0.1) is 24.0 Å². The zero-order chi connectivity index (χ0) is 15.4. The van der Waals surface area contributed by atoms with E-state index in [1.807, 2.05) is 25.1 Å². The van der Waals surface area contributed by atoms with Gasteiger partial charge in [-0.25, -0.2) is 4.99 Å². The fourth-order valence-electron chi connectivity index (χ4n) is 1.95. The largest absolute Gasteiger partial charge is 0.357 e. The van der Waals surface area contributed by atoms with Crippen LogP contribution in [0.2, 0.25) is 5.02 Å². The smallest absolute Gasteiger partial charge is 0.248 e. The molecule has 1 saturated carbocycles. The van der Waals surface area contributed by atoms with Gasteiger partial charge in [0.15, 0.2) is 5.96 Å². The van der Waals surface area contributed by atoms with E-state index in [-0.39, 0.29) is 24.0 Å². The average molecular weight is 448 g/mol. The second-order valence-electron chi connectivity index (χ2n) is 5.14. The molecule has 1 fully saturated rings. The van der Waals surface area contributed by atoms with E-state index < -0.39 is 0 Å². The number of hydrogen-bond acceptors (Lipinski definition) is 4. The Hall–Kier alpha value is -1.35. The number of aliphatic imine (C=N–C) groups is 1. The van der Waals surface area contributed by atoms with Gasteiger partial charge in [0.1, 0.15) is 6.54 Å². The first-order valence-electron chi connectivity index (χ1n) is 7.38. The number of halogens is 2. The van der Waals surface area contributed by atoms with Gasteiger partial charge >= 0.3 is 0 Å². The van der Waals surface area contributed by atoms with Gasteiger partial charge in [-0.1, -0.05) is 28.9 Å². The number of nitrogens with zero attached hydrogens (tertiary/aromatic N) is 3. The maximum absolute atomic E-state index is 5.97. The topological polar surface area (TPSA) is 75.3 Å².